The minimum absolute atomic E-state index is 0.135. The molecule has 0 radical (unpaired) electrons. The average molecular weight is 242 g/mol. The van der Waals surface area contributed by atoms with Gasteiger partial charge in [-0.25, -0.2) is 4.79 Å². The molecular weight excluding hydrogens is 220 g/mol. The fourth-order valence-corrected chi connectivity index (χ4v) is 1.77. The van der Waals surface area contributed by atoms with Crippen LogP contribution in [-0.2, 0) is 9.59 Å². The molecule has 1 rings (SSSR count). The Balaban J connectivity index is 2.49. The van der Waals surface area contributed by atoms with Crippen molar-refractivity contribution in [2.75, 3.05) is 0 Å². The van der Waals surface area contributed by atoms with Crippen LogP contribution in [0.2, 0.25) is 0 Å². The van der Waals surface area contributed by atoms with E-state index in [-0.39, 0.29) is 18.4 Å². The van der Waals surface area contributed by atoms with Gasteiger partial charge in [0.25, 0.3) is 0 Å². The average Bonchev–Trinajstić information content (AvgIpc) is 2.94. The summed E-state index contributed by atoms with van der Waals surface area (Å²) in [6.07, 6.45) is 2.37. The third-order valence-corrected chi connectivity index (χ3v) is 3.07. The quantitative estimate of drug-likeness (QED) is 0.662. The number of carbonyl (C=O) groups is 2. The van der Waals surface area contributed by atoms with Crippen LogP contribution in [0.15, 0.2) is 0 Å². The lowest BCUT2D eigenvalue weighted by atomic mass is 9.86. The van der Waals surface area contributed by atoms with Crippen LogP contribution < -0.4 is 11.1 Å². The van der Waals surface area contributed by atoms with E-state index in [1.807, 2.05) is 0 Å². The van der Waals surface area contributed by atoms with E-state index in [0.717, 1.165) is 12.8 Å². The van der Waals surface area contributed by atoms with Gasteiger partial charge in [0.1, 0.15) is 6.04 Å². The molecule has 1 aliphatic carbocycles. The Hall–Kier alpha value is -1.10. The molecule has 1 amide bonds. The Labute approximate surface area is 102 Å². The van der Waals surface area contributed by atoms with E-state index >= 15 is 0 Å². The topological polar surface area (TPSA) is 92.4 Å². The molecule has 1 unspecified atom stereocenters. The third kappa shape index (κ3) is 4.34. The highest BCUT2D eigenvalue weighted by molar-refractivity contribution is 5.84. The molecule has 0 aromatic carbocycles. The van der Waals surface area contributed by atoms with Gasteiger partial charge < -0.3 is 16.2 Å². The third-order valence-electron chi connectivity index (χ3n) is 3.07. The van der Waals surface area contributed by atoms with Gasteiger partial charge in [-0.2, -0.15) is 0 Å². The monoisotopic (exact) mass is 242 g/mol. The standard InChI is InChI=1S/C12H22N2O3/c1-12(2,3)10(11(16)17)14-9(15)6-8(13)7-4-5-7/h7-8,10H,4-6,13H2,1-3H3,(H,14,15)(H,16,17)/t8?,10-/m0/s1. The number of carbonyl (C=O) groups excluding carboxylic acids is 1. The van der Waals surface area contributed by atoms with Crippen LogP contribution in [0.25, 0.3) is 0 Å². The van der Waals surface area contributed by atoms with Crippen LogP contribution in [0.4, 0.5) is 0 Å². The molecular formula is C12H22N2O3. The summed E-state index contributed by atoms with van der Waals surface area (Å²) in [5, 5.41) is 11.6. The van der Waals surface area contributed by atoms with Gasteiger partial charge in [-0.15, -0.1) is 0 Å². The Morgan fingerprint density at radius 2 is 1.94 bits per heavy atom. The van der Waals surface area contributed by atoms with Crippen molar-refractivity contribution in [2.24, 2.45) is 17.1 Å². The van der Waals surface area contributed by atoms with Crippen LogP contribution in [0, 0.1) is 11.3 Å². The molecule has 98 valence electrons. The second kappa shape index (κ2) is 5.04. The normalized spacial score (nSPS) is 19.5. The van der Waals surface area contributed by atoms with Crippen LogP contribution in [0.5, 0.6) is 0 Å². The first-order chi connectivity index (χ1) is 7.71. The number of amides is 1. The summed E-state index contributed by atoms with van der Waals surface area (Å²) < 4.78 is 0. The van der Waals surface area contributed by atoms with Gasteiger partial charge in [-0.1, -0.05) is 20.8 Å². The summed E-state index contributed by atoms with van der Waals surface area (Å²) in [6.45, 7) is 5.35. The van der Waals surface area contributed by atoms with Crippen LogP contribution in [0.1, 0.15) is 40.0 Å². The highest BCUT2D eigenvalue weighted by atomic mass is 16.4. The molecule has 0 aromatic rings. The number of hydrogen-bond acceptors (Lipinski definition) is 3. The van der Waals surface area contributed by atoms with Crippen molar-refractivity contribution in [1.82, 2.24) is 5.32 Å². The highest BCUT2D eigenvalue weighted by Crippen LogP contribution is 2.32. The zero-order valence-corrected chi connectivity index (χ0v) is 10.7. The number of aliphatic carboxylic acids is 1. The molecule has 0 aliphatic heterocycles. The molecule has 0 aromatic heterocycles. The SMILES string of the molecule is CC(C)(C)[C@@H](NC(=O)CC(N)C1CC1)C(=O)O. The maximum atomic E-state index is 11.7. The van der Waals surface area contributed by atoms with Crippen LogP contribution in [0.3, 0.4) is 0 Å². The van der Waals surface area contributed by atoms with E-state index < -0.39 is 17.4 Å². The Morgan fingerprint density at radius 3 is 2.29 bits per heavy atom. The summed E-state index contributed by atoms with van der Waals surface area (Å²) in [6, 6.07) is -1.01. The van der Waals surface area contributed by atoms with E-state index in [0.29, 0.717) is 5.92 Å². The smallest absolute Gasteiger partial charge is 0.326 e. The fourth-order valence-electron chi connectivity index (χ4n) is 1.77. The molecule has 5 heteroatoms. The highest BCUT2D eigenvalue weighted by Gasteiger charge is 2.34. The minimum atomic E-state index is -1.01. The van der Waals surface area contributed by atoms with Crippen LogP contribution in [-0.4, -0.2) is 29.1 Å². The second-order valence-electron chi connectivity index (χ2n) is 5.91. The molecule has 4 N–H and O–H groups in total. The molecule has 2 atom stereocenters. The summed E-state index contributed by atoms with van der Waals surface area (Å²) in [5.74, 6) is -0.837. The first-order valence-corrected chi connectivity index (χ1v) is 5.99. The second-order valence-corrected chi connectivity index (χ2v) is 5.91. The first kappa shape index (κ1) is 14.0. The number of hydrogen-bond donors (Lipinski definition) is 3. The van der Waals surface area contributed by atoms with Crippen molar-refractivity contribution in [3.63, 3.8) is 0 Å². The fraction of sp³-hybridized carbons (Fsp3) is 0.833. The lowest BCUT2D eigenvalue weighted by molar-refractivity contribution is -0.145. The van der Waals surface area contributed by atoms with Crippen LogP contribution >= 0.6 is 0 Å². The van der Waals surface area contributed by atoms with Crippen molar-refractivity contribution < 1.29 is 14.7 Å². The summed E-state index contributed by atoms with van der Waals surface area (Å²) >= 11 is 0. The van der Waals surface area contributed by atoms with Crippen molar-refractivity contribution >= 4 is 11.9 Å². The zero-order valence-electron chi connectivity index (χ0n) is 10.7. The first-order valence-electron chi connectivity index (χ1n) is 5.99. The molecule has 0 heterocycles. The predicted molar refractivity (Wildman–Crippen MR) is 64.3 cm³/mol. The number of carboxylic acids is 1. The van der Waals surface area contributed by atoms with Gasteiger partial charge in [0.05, 0.1) is 0 Å². The van der Waals surface area contributed by atoms with Crippen molar-refractivity contribution in [1.29, 1.82) is 0 Å². The van der Waals surface area contributed by atoms with Gasteiger partial charge in [-0.05, 0) is 24.2 Å². The molecule has 5 nitrogen and oxygen atoms in total. The predicted octanol–water partition coefficient (Wildman–Crippen LogP) is 0.729. The Kier molecular flexibility index (Phi) is 4.14. The van der Waals surface area contributed by atoms with Crippen molar-refractivity contribution in [3.8, 4) is 0 Å². The number of rotatable bonds is 5. The van der Waals surface area contributed by atoms with Gasteiger partial charge in [0.2, 0.25) is 5.91 Å². The van der Waals surface area contributed by atoms with E-state index in [1.165, 1.54) is 0 Å². The summed E-state index contributed by atoms with van der Waals surface area (Å²) in [7, 11) is 0. The largest absolute Gasteiger partial charge is 0.480 e. The van der Waals surface area contributed by atoms with E-state index in [1.54, 1.807) is 20.8 Å². The van der Waals surface area contributed by atoms with Gasteiger partial charge in [-0.3, -0.25) is 4.79 Å². The summed E-state index contributed by atoms with van der Waals surface area (Å²) in [5.41, 5.74) is 5.32. The van der Waals surface area contributed by atoms with E-state index in [9.17, 15) is 9.59 Å². The van der Waals surface area contributed by atoms with Gasteiger partial charge >= 0.3 is 5.97 Å². The molecule has 1 aliphatic rings. The van der Waals surface area contributed by atoms with Crippen molar-refractivity contribution in [2.45, 2.75) is 52.1 Å². The van der Waals surface area contributed by atoms with Gasteiger partial charge in [0, 0.05) is 12.5 Å². The molecule has 0 bridgehead atoms. The molecule has 0 saturated heterocycles. The van der Waals surface area contributed by atoms with Gasteiger partial charge in [0.15, 0.2) is 0 Å². The van der Waals surface area contributed by atoms with Crippen molar-refractivity contribution in [3.05, 3.63) is 0 Å². The maximum Gasteiger partial charge on any atom is 0.326 e. The summed E-state index contributed by atoms with van der Waals surface area (Å²) in [4.78, 5) is 22.8. The molecule has 1 saturated carbocycles. The maximum absolute atomic E-state index is 11.7. The molecule has 1 fully saturated rings. The van der Waals surface area contributed by atoms with E-state index in [4.69, 9.17) is 10.8 Å². The Morgan fingerprint density at radius 1 is 1.41 bits per heavy atom. The lowest BCUT2D eigenvalue weighted by Crippen LogP contribution is -2.50. The molecule has 0 spiro atoms. The minimum Gasteiger partial charge on any atom is -0.480 e. The Bertz CT molecular complexity index is 305. The lowest BCUT2D eigenvalue weighted by Gasteiger charge is -2.28. The zero-order chi connectivity index (χ0) is 13.2. The number of nitrogens with one attached hydrogen (secondary N) is 1. The number of carboxylic acid groups (broad SMARTS) is 1. The molecule has 17 heavy (non-hydrogen) atoms. The van der Waals surface area contributed by atoms with E-state index in [2.05, 4.69) is 5.32 Å². The number of nitrogens with two attached hydrogens (primary N) is 1.